The molecule has 2 aromatic rings. The number of hydrazine groups is 1. The molecule has 0 atom stereocenters. The normalized spacial score (nSPS) is 14.2. The average Bonchev–Trinajstić information content (AvgIpc) is 3.55. The number of carbonyl (C=O) groups excluding carboxylic acids is 1. The number of hydrogen-bond acceptors (Lipinski definition) is 7. The third kappa shape index (κ3) is 5.08. The molecule has 1 fully saturated rings. The van der Waals surface area contributed by atoms with Gasteiger partial charge < -0.3 is 4.74 Å². The van der Waals surface area contributed by atoms with Gasteiger partial charge >= 0.3 is 0 Å². The molecule has 3 rings (SSSR count). The first kappa shape index (κ1) is 22.0. The monoisotopic (exact) mass is 454 g/mol. The summed E-state index contributed by atoms with van der Waals surface area (Å²) in [5.74, 6) is -0.484. The highest BCUT2D eigenvalue weighted by Crippen LogP contribution is 2.25. The maximum atomic E-state index is 12.4. The Labute approximate surface area is 175 Å². The van der Waals surface area contributed by atoms with Crippen molar-refractivity contribution in [1.29, 1.82) is 0 Å². The smallest absolute Gasteiger partial charge is 0.269 e. The summed E-state index contributed by atoms with van der Waals surface area (Å²) >= 11 is 0. The van der Waals surface area contributed by atoms with E-state index in [0.717, 1.165) is 12.8 Å². The molecule has 0 spiro atoms. The van der Waals surface area contributed by atoms with Crippen molar-refractivity contribution in [3.8, 4) is 5.75 Å². The van der Waals surface area contributed by atoms with Crippen molar-refractivity contribution in [2.24, 2.45) is 0 Å². The van der Waals surface area contributed by atoms with E-state index in [4.69, 9.17) is 4.74 Å². The fraction of sp³-hybridized carbons (Fsp3) is 0.278. The molecule has 4 N–H and O–H groups in total. The molecule has 0 saturated heterocycles. The van der Waals surface area contributed by atoms with Crippen molar-refractivity contribution in [2.45, 2.75) is 28.7 Å². The van der Waals surface area contributed by atoms with Crippen molar-refractivity contribution in [3.63, 3.8) is 0 Å². The zero-order valence-electron chi connectivity index (χ0n) is 16.3. The summed E-state index contributed by atoms with van der Waals surface area (Å²) in [4.78, 5) is 12.4. The van der Waals surface area contributed by atoms with Gasteiger partial charge in [0.25, 0.3) is 5.91 Å². The summed E-state index contributed by atoms with van der Waals surface area (Å²) in [6.07, 6.45) is 1.68. The second-order valence-corrected chi connectivity index (χ2v) is 10.1. The van der Waals surface area contributed by atoms with Gasteiger partial charge in [0, 0.05) is 11.6 Å². The number of ether oxygens (including phenoxy) is 1. The molecule has 0 heterocycles. The van der Waals surface area contributed by atoms with Crippen LogP contribution in [0.3, 0.4) is 0 Å². The Morgan fingerprint density at radius 3 is 2.23 bits per heavy atom. The van der Waals surface area contributed by atoms with Gasteiger partial charge in [0.15, 0.2) is 0 Å². The topological polar surface area (TPSA) is 143 Å². The first-order valence-corrected chi connectivity index (χ1v) is 11.9. The Balaban J connectivity index is 1.69. The molecule has 12 heteroatoms. The molecule has 2 aromatic carbocycles. The van der Waals surface area contributed by atoms with Crippen LogP contribution in [-0.2, 0) is 20.0 Å². The maximum Gasteiger partial charge on any atom is 0.269 e. The molecule has 1 amide bonds. The predicted molar refractivity (Wildman–Crippen MR) is 110 cm³/mol. The van der Waals surface area contributed by atoms with E-state index >= 15 is 0 Å². The zero-order valence-corrected chi connectivity index (χ0v) is 17.9. The number of benzene rings is 2. The Hall–Kier alpha value is -2.67. The fourth-order valence-corrected chi connectivity index (χ4v) is 4.77. The summed E-state index contributed by atoms with van der Waals surface area (Å²) < 4.78 is 58.4. The van der Waals surface area contributed by atoms with E-state index in [-0.39, 0.29) is 27.1 Å². The lowest BCUT2D eigenvalue weighted by molar-refractivity contribution is 0.0962. The van der Waals surface area contributed by atoms with Crippen LogP contribution in [0.25, 0.3) is 0 Å². The molecule has 10 nitrogen and oxygen atoms in total. The van der Waals surface area contributed by atoms with E-state index in [9.17, 15) is 21.6 Å². The third-order valence-corrected chi connectivity index (χ3v) is 7.34. The van der Waals surface area contributed by atoms with Crippen LogP contribution in [0.2, 0.25) is 0 Å². The first-order chi connectivity index (χ1) is 14.2. The summed E-state index contributed by atoms with van der Waals surface area (Å²) in [6, 6.07) is 9.86. The number of methoxy groups -OCH3 is 1. The van der Waals surface area contributed by atoms with E-state index in [1.165, 1.54) is 56.6 Å². The largest absolute Gasteiger partial charge is 0.495 e. The lowest BCUT2D eigenvalue weighted by Gasteiger charge is -2.12. The molecular formula is C18H22N4O6S2. The highest BCUT2D eigenvalue weighted by atomic mass is 32.2. The minimum absolute atomic E-state index is 0.00759. The number of nitrogens with one attached hydrogen (secondary N) is 4. The lowest BCUT2D eigenvalue weighted by Crippen LogP contribution is -2.30. The van der Waals surface area contributed by atoms with E-state index in [0.29, 0.717) is 5.69 Å². The van der Waals surface area contributed by atoms with Gasteiger partial charge in [0.2, 0.25) is 20.0 Å². The number of amides is 1. The summed E-state index contributed by atoms with van der Waals surface area (Å²) in [5, 5.41) is 0. The maximum absolute atomic E-state index is 12.4. The van der Waals surface area contributed by atoms with Gasteiger partial charge in [-0.3, -0.25) is 15.6 Å². The standard InChI is InChI=1S/C18H22N4O6S2/c1-19-30(26,27)17-11-12(3-10-16(17)28-2)18(23)21-20-13-6-8-15(9-7-13)29(24,25)22-14-4-5-14/h3,6-11,14,19-20,22H,4-5H2,1-2H3,(H,21,23). The highest BCUT2D eigenvalue weighted by molar-refractivity contribution is 7.89. The molecule has 0 aromatic heterocycles. The molecular weight excluding hydrogens is 432 g/mol. The van der Waals surface area contributed by atoms with Crippen LogP contribution in [0.4, 0.5) is 5.69 Å². The summed E-state index contributed by atoms with van der Waals surface area (Å²) in [5.41, 5.74) is 5.64. The number of sulfonamides is 2. The van der Waals surface area contributed by atoms with Gasteiger partial charge in [0.1, 0.15) is 10.6 Å². The molecule has 1 aliphatic rings. The van der Waals surface area contributed by atoms with Gasteiger partial charge in [-0.25, -0.2) is 26.3 Å². The van der Waals surface area contributed by atoms with Crippen LogP contribution in [0.15, 0.2) is 52.3 Å². The predicted octanol–water partition coefficient (Wildman–Crippen LogP) is 0.801. The minimum atomic E-state index is -3.83. The van der Waals surface area contributed by atoms with E-state index < -0.39 is 26.0 Å². The fourth-order valence-electron chi connectivity index (χ4n) is 2.55. The van der Waals surface area contributed by atoms with Crippen LogP contribution in [0.5, 0.6) is 5.75 Å². The van der Waals surface area contributed by atoms with Gasteiger partial charge in [-0.1, -0.05) is 0 Å². The second kappa shape index (κ2) is 8.60. The summed E-state index contributed by atoms with van der Waals surface area (Å²) in [7, 11) is -4.80. The Morgan fingerprint density at radius 2 is 1.67 bits per heavy atom. The number of carbonyl (C=O) groups is 1. The Bertz CT molecular complexity index is 1140. The van der Waals surface area contributed by atoms with Gasteiger partial charge in [-0.05, 0) is 62.4 Å². The van der Waals surface area contributed by atoms with E-state index in [2.05, 4.69) is 20.3 Å². The van der Waals surface area contributed by atoms with Crippen LogP contribution >= 0.6 is 0 Å². The Kier molecular flexibility index (Phi) is 6.31. The van der Waals surface area contributed by atoms with E-state index in [1.54, 1.807) is 0 Å². The molecule has 30 heavy (non-hydrogen) atoms. The minimum Gasteiger partial charge on any atom is -0.495 e. The van der Waals surface area contributed by atoms with E-state index in [1.807, 2.05) is 0 Å². The first-order valence-electron chi connectivity index (χ1n) is 8.96. The Morgan fingerprint density at radius 1 is 1.00 bits per heavy atom. The van der Waals surface area contributed by atoms with Crippen LogP contribution in [0, 0.1) is 0 Å². The molecule has 0 bridgehead atoms. The van der Waals surface area contributed by atoms with Gasteiger partial charge in [-0.15, -0.1) is 0 Å². The molecule has 0 radical (unpaired) electrons. The number of hydrogen-bond donors (Lipinski definition) is 4. The quantitative estimate of drug-likeness (QED) is 0.411. The third-order valence-electron chi connectivity index (χ3n) is 4.37. The van der Waals surface area contributed by atoms with Crippen LogP contribution < -0.4 is 25.0 Å². The van der Waals surface area contributed by atoms with Crippen molar-refractivity contribution in [3.05, 3.63) is 48.0 Å². The van der Waals surface area contributed by atoms with Crippen LogP contribution in [0.1, 0.15) is 23.2 Å². The van der Waals surface area contributed by atoms with Gasteiger partial charge in [0.05, 0.1) is 17.7 Å². The van der Waals surface area contributed by atoms with Crippen molar-refractivity contribution in [2.75, 3.05) is 19.6 Å². The van der Waals surface area contributed by atoms with Crippen molar-refractivity contribution in [1.82, 2.24) is 14.9 Å². The molecule has 1 aliphatic carbocycles. The molecule has 0 unspecified atom stereocenters. The van der Waals surface area contributed by atoms with Crippen molar-refractivity contribution >= 4 is 31.6 Å². The number of anilines is 1. The van der Waals surface area contributed by atoms with Crippen LogP contribution in [-0.4, -0.2) is 42.9 Å². The summed E-state index contributed by atoms with van der Waals surface area (Å²) in [6.45, 7) is 0. The highest BCUT2D eigenvalue weighted by Gasteiger charge is 2.27. The number of rotatable bonds is 9. The average molecular weight is 455 g/mol. The van der Waals surface area contributed by atoms with Crippen molar-refractivity contribution < 1.29 is 26.4 Å². The second-order valence-electron chi connectivity index (χ2n) is 6.57. The zero-order chi connectivity index (χ0) is 21.9. The van der Waals surface area contributed by atoms with Gasteiger partial charge in [-0.2, -0.15) is 0 Å². The molecule has 162 valence electrons. The lowest BCUT2D eigenvalue weighted by atomic mass is 10.2. The SMILES string of the molecule is CNS(=O)(=O)c1cc(C(=O)NNc2ccc(S(=O)(=O)NC3CC3)cc2)ccc1OC. The molecule has 0 aliphatic heterocycles. The molecule has 1 saturated carbocycles.